The molecular formula is C14H12N2O3. The van der Waals surface area contributed by atoms with E-state index in [1.54, 1.807) is 0 Å². The van der Waals surface area contributed by atoms with Gasteiger partial charge in [-0.2, -0.15) is 0 Å². The van der Waals surface area contributed by atoms with Crippen LogP contribution in [0.3, 0.4) is 0 Å². The van der Waals surface area contributed by atoms with Crippen molar-refractivity contribution in [2.45, 2.75) is 6.54 Å². The summed E-state index contributed by atoms with van der Waals surface area (Å²) in [7, 11) is 0. The topological polar surface area (TPSA) is 82.2 Å². The van der Waals surface area contributed by atoms with E-state index < -0.39 is 11.5 Å². The van der Waals surface area contributed by atoms with Crippen LogP contribution < -0.4 is 11.3 Å². The largest absolute Gasteiger partial charge is 0.366 e. The molecule has 1 aromatic heterocycles. The molecule has 0 saturated carbocycles. The average molecular weight is 256 g/mol. The lowest BCUT2D eigenvalue weighted by Gasteiger charge is -2.08. The number of hydrogen-bond donors (Lipinski definition) is 1. The number of benzene rings is 1. The number of aromatic nitrogens is 1. The fraction of sp³-hybridized carbons (Fsp3) is 0.0714. The van der Waals surface area contributed by atoms with E-state index in [9.17, 15) is 14.4 Å². The van der Waals surface area contributed by atoms with Crippen molar-refractivity contribution in [2.75, 3.05) is 0 Å². The summed E-state index contributed by atoms with van der Waals surface area (Å²) in [5.41, 5.74) is 5.69. The summed E-state index contributed by atoms with van der Waals surface area (Å²) in [5, 5.41) is 0. The Morgan fingerprint density at radius 3 is 2.53 bits per heavy atom. The van der Waals surface area contributed by atoms with Gasteiger partial charge in [0.25, 0.3) is 5.56 Å². The number of hydrogen-bond acceptors (Lipinski definition) is 3. The van der Waals surface area contributed by atoms with Gasteiger partial charge in [-0.15, -0.1) is 0 Å². The number of nitrogens with zero attached hydrogens (tertiary/aromatic N) is 1. The highest BCUT2D eigenvalue weighted by Crippen LogP contribution is 2.04. The minimum absolute atomic E-state index is 0.0766. The molecule has 96 valence electrons. The molecule has 5 heteroatoms. The third-order valence-electron chi connectivity index (χ3n) is 2.72. The molecule has 1 amide bonds. The molecule has 1 aromatic carbocycles. The molecule has 5 nitrogen and oxygen atoms in total. The molecule has 0 saturated heterocycles. The molecule has 19 heavy (non-hydrogen) atoms. The Hall–Kier alpha value is -2.69. The fourth-order valence-electron chi connectivity index (χ4n) is 1.78. The number of amides is 1. The Balaban J connectivity index is 2.50. The molecule has 2 aromatic rings. The quantitative estimate of drug-likeness (QED) is 0.822. The summed E-state index contributed by atoms with van der Waals surface area (Å²) in [6.45, 7) is 0.279. The Bertz CT molecular complexity index is 675. The molecule has 1 heterocycles. The van der Waals surface area contributed by atoms with Gasteiger partial charge in [0.2, 0.25) is 5.91 Å². The van der Waals surface area contributed by atoms with Crippen LogP contribution in [-0.2, 0) is 6.54 Å². The van der Waals surface area contributed by atoms with Gasteiger partial charge in [-0.1, -0.05) is 30.3 Å². The smallest absolute Gasteiger partial charge is 0.261 e. The predicted molar refractivity (Wildman–Crippen MR) is 70.2 cm³/mol. The maximum atomic E-state index is 12.0. The van der Waals surface area contributed by atoms with Gasteiger partial charge in [0.05, 0.1) is 17.7 Å². The third-order valence-corrected chi connectivity index (χ3v) is 2.72. The van der Waals surface area contributed by atoms with Crippen LogP contribution in [0.1, 0.15) is 26.3 Å². The predicted octanol–water partition coefficient (Wildman–Crippen LogP) is 0.808. The number of primary amides is 1. The van der Waals surface area contributed by atoms with Crippen LogP contribution in [0.2, 0.25) is 0 Å². The summed E-state index contributed by atoms with van der Waals surface area (Å²) in [6.07, 6.45) is 1.79. The maximum Gasteiger partial charge on any atom is 0.261 e. The van der Waals surface area contributed by atoms with Crippen LogP contribution in [0.4, 0.5) is 0 Å². The lowest BCUT2D eigenvalue weighted by atomic mass is 10.1. The second-order valence-electron chi connectivity index (χ2n) is 4.08. The van der Waals surface area contributed by atoms with E-state index in [1.807, 2.05) is 30.3 Å². The molecule has 0 aliphatic carbocycles. The highest BCUT2D eigenvalue weighted by molar-refractivity contribution is 5.94. The van der Waals surface area contributed by atoms with E-state index in [4.69, 9.17) is 5.73 Å². The lowest BCUT2D eigenvalue weighted by molar-refractivity contribution is 0.0999. The molecule has 0 unspecified atom stereocenters. The Morgan fingerprint density at radius 1 is 1.26 bits per heavy atom. The van der Waals surface area contributed by atoms with Crippen LogP contribution in [0, 0.1) is 0 Å². The lowest BCUT2D eigenvalue weighted by Crippen LogP contribution is -2.26. The number of carbonyl (C=O) groups excluding carboxylic acids is 2. The summed E-state index contributed by atoms with van der Waals surface area (Å²) in [6, 6.07) is 10.5. The zero-order valence-electron chi connectivity index (χ0n) is 10.1. The van der Waals surface area contributed by atoms with Crippen molar-refractivity contribution in [3.05, 3.63) is 69.6 Å². The number of rotatable bonds is 4. The first-order chi connectivity index (χ1) is 9.11. The average Bonchev–Trinajstić information content (AvgIpc) is 2.42. The van der Waals surface area contributed by atoms with E-state index in [0.717, 1.165) is 5.56 Å². The highest BCUT2D eigenvalue weighted by atomic mass is 16.1. The maximum absolute atomic E-state index is 12.0. The second kappa shape index (κ2) is 5.30. The van der Waals surface area contributed by atoms with Gasteiger partial charge in [-0.3, -0.25) is 14.4 Å². The number of nitrogens with two attached hydrogens (primary N) is 1. The van der Waals surface area contributed by atoms with Crippen molar-refractivity contribution in [1.82, 2.24) is 4.57 Å². The van der Waals surface area contributed by atoms with Crippen LogP contribution in [0.5, 0.6) is 0 Å². The van der Waals surface area contributed by atoms with Crippen LogP contribution >= 0.6 is 0 Å². The van der Waals surface area contributed by atoms with Crippen molar-refractivity contribution >= 4 is 12.2 Å². The molecule has 0 aliphatic heterocycles. The summed E-state index contributed by atoms with van der Waals surface area (Å²) in [5.74, 6) is -0.676. The van der Waals surface area contributed by atoms with Gasteiger partial charge in [0.15, 0.2) is 6.29 Å². The summed E-state index contributed by atoms with van der Waals surface area (Å²) in [4.78, 5) is 34.0. The van der Waals surface area contributed by atoms with Crippen molar-refractivity contribution in [2.24, 2.45) is 5.73 Å². The Labute approximate surface area is 109 Å². The second-order valence-corrected chi connectivity index (χ2v) is 4.08. The van der Waals surface area contributed by atoms with Gasteiger partial charge in [0.1, 0.15) is 0 Å². The van der Waals surface area contributed by atoms with Gasteiger partial charge in [0, 0.05) is 6.20 Å². The standard InChI is InChI=1S/C14H12N2O3/c15-13(18)11-6-12(9-17)14(19)16(8-11)7-10-4-2-1-3-5-10/h1-6,8-9H,7H2,(H2,15,18). The van der Waals surface area contributed by atoms with E-state index in [2.05, 4.69) is 0 Å². The molecule has 0 spiro atoms. The summed E-state index contributed by atoms with van der Waals surface area (Å²) < 4.78 is 1.30. The highest BCUT2D eigenvalue weighted by Gasteiger charge is 2.09. The molecule has 0 radical (unpaired) electrons. The number of pyridine rings is 1. The van der Waals surface area contributed by atoms with E-state index in [0.29, 0.717) is 6.29 Å². The minimum atomic E-state index is -0.676. The molecule has 2 rings (SSSR count). The monoisotopic (exact) mass is 256 g/mol. The van der Waals surface area contributed by atoms with E-state index in [-0.39, 0.29) is 17.7 Å². The molecular weight excluding hydrogens is 244 g/mol. The molecule has 0 atom stereocenters. The first kappa shape index (κ1) is 12.8. The van der Waals surface area contributed by atoms with E-state index in [1.165, 1.54) is 16.8 Å². The Kier molecular flexibility index (Phi) is 3.56. The number of carbonyl (C=O) groups is 2. The number of aldehydes is 1. The first-order valence-electron chi connectivity index (χ1n) is 5.65. The third kappa shape index (κ3) is 2.77. The molecule has 0 aliphatic rings. The van der Waals surface area contributed by atoms with Crippen LogP contribution in [0.15, 0.2) is 47.4 Å². The van der Waals surface area contributed by atoms with E-state index >= 15 is 0 Å². The van der Waals surface area contributed by atoms with Gasteiger partial charge in [-0.25, -0.2) is 0 Å². The van der Waals surface area contributed by atoms with Crippen LogP contribution in [0.25, 0.3) is 0 Å². The minimum Gasteiger partial charge on any atom is -0.366 e. The first-order valence-corrected chi connectivity index (χ1v) is 5.65. The van der Waals surface area contributed by atoms with Crippen molar-refractivity contribution in [1.29, 1.82) is 0 Å². The van der Waals surface area contributed by atoms with Crippen molar-refractivity contribution in [3.63, 3.8) is 0 Å². The van der Waals surface area contributed by atoms with Gasteiger partial charge in [-0.05, 0) is 11.6 Å². The van der Waals surface area contributed by atoms with Gasteiger partial charge >= 0.3 is 0 Å². The zero-order chi connectivity index (χ0) is 13.8. The molecule has 2 N–H and O–H groups in total. The fourth-order valence-corrected chi connectivity index (χ4v) is 1.78. The summed E-state index contributed by atoms with van der Waals surface area (Å²) >= 11 is 0. The van der Waals surface area contributed by atoms with Crippen LogP contribution in [-0.4, -0.2) is 16.8 Å². The zero-order valence-corrected chi connectivity index (χ0v) is 10.1. The van der Waals surface area contributed by atoms with Gasteiger partial charge < -0.3 is 10.3 Å². The van der Waals surface area contributed by atoms with Crippen molar-refractivity contribution in [3.8, 4) is 0 Å². The normalized spacial score (nSPS) is 10.1. The Morgan fingerprint density at radius 2 is 1.95 bits per heavy atom. The molecule has 0 fully saturated rings. The molecule has 0 bridgehead atoms. The SMILES string of the molecule is NC(=O)c1cc(C=O)c(=O)n(Cc2ccccc2)c1. The van der Waals surface area contributed by atoms with Crippen molar-refractivity contribution < 1.29 is 9.59 Å².